The Morgan fingerprint density at radius 3 is 2.40 bits per heavy atom. The van der Waals surface area contributed by atoms with Crippen molar-refractivity contribution in [2.24, 2.45) is 0 Å². The van der Waals surface area contributed by atoms with Crippen LogP contribution in [0, 0.1) is 11.3 Å². The van der Waals surface area contributed by atoms with Crippen molar-refractivity contribution in [3.8, 4) is 17.6 Å². The summed E-state index contributed by atoms with van der Waals surface area (Å²) in [7, 11) is 0. The fraction of sp³-hybridized carbons (Fsp3) is 0.290. The number of hydrogen-bond donors (Lipinski definition) is 1. The molecule has 0 radical (unpaired) electrons. The molecule has 1 amide bonds. The van der Waals surface area contributed by atoms with Crippen molar-refractivity contribution in [3.05, 3.63) is 89.6 Å². The minimum Gasteiger partial charge on any atom is -0.454 e. The van der Waals surface area contributed by atoms with Crippen LogP contribution in [0.15, 0.2) is 72.8 Å². The van der Waals surface area contributed by atoms with Gasteiger partial charge in [0.15, 0.2) is 23.2 Å². The first-order valence-electron chi connectivity index (χ1n) is 13.5. The van der Waals surface area contributed by atoms with Gasteiger partial charge >= 0.3 is 0 Å². The second-order valence-corrected chi connectivity index (χ2v) is 9.96. The third-order valence-corrected chi connectivity index (χ3v) is 7.31. The number of nitriles is 1. The Morgan fingerprint density at radius 1 is 0.900 bits per heavy atom. The maximum absolute atomic E-state index is 13.2. The van der Waals surface area contributed by atoms with Gasteiger partial charge in [0, 0.05) is 39.3 Å². The summed E-state index contributed by atoms with van der Waals surface area (Å²) in [5.41, 5.74) is 4.11. The van der Waals surface area contributed by atoms with Gasteiger partial charge < -0.3 is 19.7 Å². The second kappa shape index (κ2) is 11.6. The standard InChI is InChI=1S/C31H30N6O3/c32-19-24(31(38)33-13-12-22-6-2-1-3-7-22)29-30(35-26-9-5-4-8-25(26)34-29)37-16-14-36(15-17-37)20-23-10-11-27-28(18-23)40-21-39-27/h1-11,18,24H,12-17,20-21H2,(H,33,38). The number of ether oxygens (including phenoxy) is 2. The molecule has 0 aliphatic carbocycles. The number of fused-ring (bicyclic) bond motifs is 2. The summed E-state index contributed by atoms with van der Waals surface area (Å²) in [5.74, 6) is 0.760. The minimum absolute atomic E-state index is 0.265. The van der Waals surface area contributed by atoms with Gasteiger partial charge in [-0.15, -0.1) is 0 Å². The van der Waals surface area contributed by atoms with E-state index < -0.39 is 5.92 Å². The molecule has 0 spiro atoms. The molecule has 202 valence electrons. The van der Waals surface area contributed by atoms with E-state index in [1.807, 2.05) is 66.7 Å². The van der Waals surface area contributed by atoms with E-state index in [1.165, 1.54) is 5.56 Å². The fourth-order valence-corrected chi connectivity index (χ4v) is 5.17. The fourth-order valence-electron chi connectivity index (χ4n) is 5.17. The van der Waals surface area contributed by atoms with Gasteiger partial charge in [0.1, 0.15) is 5.69 Å². The molecule has 4 aromatic rings. The largest absolute Gasteiger partial charge is 0.454 e. The van der Waals surface area contributed by atoms with Crippen LogP contribution < -0.4 is 19.7 Å². The third kappa shape index (κ3) is 5.53. The first kappa shape index (κ1) is 25.6. The smallest absolute Gasteiger partial charge is 0.243 e. The van der Waals surface area contributed by atoms with E-state index in [0.29, 0.717) is 43.1 Å². The predicted molar refractivity (Wildman–Crippen MR) is 151 cm³/mol. The molecule has 40 heavy (non-hydrogen) atoms. The van der Waals surface area contributed by atoms with Gasteiger partial charge in [-0.1, -0.05) is 48.5 Å². The average Bonchev–Trinajstić information content (AvgIpc) is 3.46. The Morgan fingerprint density at radius 2 is 1.62 bits per heavy atom. The first-order chi connectivity index (χ1) is 19.7. The van der Waals surface area contributed by atoms with Crippen LogP contribution in [0.1, 0.15) is 22.7 Å². The summed E-state index contributed by atoms with van der Waals surface area (Å²) in [4.78, 5) is 27.5. The van der Waals surface area contributed by atoms with Crippen LogP contribution in [0.2, 0.25) is 0 Å². The summed E-state index contributed by atoms with van der Waals surface area (Å²) < 4.78 is 11.0. The molecular formula is C31H30N6O3. The van der Waals surface area contributed by atoms with Gasteiger partial charge in [0.2, 0.25) is 12.7 Å². The van der Waals surface area contributed by atoms with Gasteiger partial charge in [-0.25, -0.2) is 9.97 Å². The zero-order chi connectivity index (χ0) is 27.3. The number of carbonyl (C=O) groups is 1. The van der Waals surface area contributed by atoms with Crippen LogP contribution in [0.3, 0.4) is 0 Å². The SMILES string of the molecule is N#CC(C(=O)NCCc1ccccc1)c1nc2ccccc2nc1N1CCN(Cc2ccc3c(c2)OCO3)CC1. The molecule has 1 fully saturated rings. The van der Waals surface area contributed by atoms with Crippen molar-refractivity contribution in [2.75, 3.05) is 44.4 Å². The van der Waals surface area contributed by atoms with Crippen LogP contribution in [0.25, 0.3) is 11.0 Å². The summed E-state index contributed by atoms with van der Waals surface area (Å²) in [6.45, 7) is 4.53. The summed E-state index contributed by atoms with van der Waals surface area (Å²) in [6.07, 6.45) is 0.687. The van der Waals surface area contributed by atoms with E-state index in [1.54, 1.807) is 0 Å². The number of benzene rings is 3. The minimum atomic E-state index is -1.06. The monoisotopic (exact) mass is 534 g/mol. The number of nitrogens with zero attached hydrogens (tertiary/aromatic N) is 5. The molecule has 1 atom stereocenters. The number of anilines is 1. The Kier molecular flexibility index (Phi) is 7.42. The number of amides is 1. The quantitative estimate of drug-likeness (QED) is 0.366. The number of para-hydroxylation sites is 2. The second-order valence-electron chi connectivity index (χ2n) is 9.96. The number of hydrogen-bond acceptors (Lipinski definition) is 8. The van der Waals surface area contributed by atoms with Crippen molar-refractivity contribution in [2.45, 2.75) is 18.9 Å². The first-order valence-corrected chi connectivity index (χ1v) is 13.5. The van der Waals surface area contributed by atoms with Crippen molar-refractivity contribution in [1.82, 2.24) is 20.2 Å². The van der Waals surface area contributed by atoms with Gasteiger partial charge in [-0.3, -0.25) is 9.69 Å². The molecule has 0 saturated carbocycles. The predicted octanol–water partition coefficient (Wildman–Crippen LogP) is 3.65. The van der Waals surface area contributed by atoms with E-state index in [2.05, 4.69) is 27.3 Å². The molecule has 3 aromatic carbocycles. The van der Waals surface area contributed by atoms with Crippen molar-refractivity contribution >= 4 is 22.8 Å². The summed E-state index contributed by atoms with van der Waals surface area (Å²) in [5, 5.41) is 13.0. The lowest BCUT2D eigenvalue weighted by molar-refractivity contribution is -0.121. The number of carbonyl (C=O) groups excluding carboxylic acids is 1. The number of rotatable bonds is 8. The van der Waals surface area contributed by atoms with Gasteiger partial charge in [0.05, 0.1) is 17.1 Å². The molecule has 9 nitrogen and oxygen atoms in total. The van der Waals surface area contributed by atoms with Crippen LogP contribution in [0.4, 0.5) is 5.82 Å². The van der Waals surface area contributed by atoms with E-state index in [9.17, 15) is 10.1 Å². The topological polar surface area (TPSA) is 104 Å². The van der Waals surface area contributed by atoms with Crippen LogP contribution >= 0.6 is 0 Å². The third-order valence-electron chi connectivity index (χ3n) is 7.31. The van der Waals surface area contributed by atoms with Crippen molar-refractivity contribution in [1.29, 1.82) is 5.26 Å². The van der Waals surface area contributed by atoms with Gasteiger partial charge in [-0.05, 0) is 41.8 Å². The van der Waals surface area contributed by atoms with E-state index in [-0.39, 0.29) is 12.7 Å². The molecule has 6 rings (SSSR count). The molecule has 9 heteroatoms. The molecule has 2 aliphatic rings. The molecule has 3 heterocycles. The normalized spacial score (nSPS) is 15.5. The van der Waals surface area contributed by atoms with Crippen LogP contribution in [0.5, 0.6) is 11.5 Å². The Hall–Kier alpha value is -4.68. The van der Waals surface area contributed by atoms with Gasteiger partial charge in [0.25, 0.3) is 0 Å². The summed E-state index contributed by atoms with van der Waals surface area (Å²) >= 11 is 0. The molecule has 1 saturated heterocycles. The highest BCUT2D eigenvalue weighted by Crippen LogP contribution is 2.33. The average molecular weight is 535 g/mol. The lowest BCUT2D eigenvalue weighted by Gasteiger charge is -2.36. The zero-order valence-corrected chi connectivity index (χ0v) is 22.1. The summed E-state index contributed by atoms with van der Waals surface area (Å²) in [6, 6.07) is 25.8. The number of aromatic nitrogens is 2. The van der Waals surface area contributed by atoms with Crippen molar-refractivity contribution in [3.63, 3.8) is 0 Å². The molecule has 0 bridgehead atoms. The maximum atomic E-state index is 13.2. The molecule has 1 N–H and O–H groups in total. The molecular weight excluding hydrogens is 504 g/mol. The number of nitrogens with one attached hydrogen (secondary N) is 1. The molecule has 2 aliphatic heterocycles. The molecule has 1 unspecified atom stereocenters. The highest BCUT2D eigenvalue weighted by atomic mass is 16.7. The van der Waals surface area contributed by atoms with Crippen LogP contribution in [-0.4, -0.2) is 60.3 Å². The van der Waals surface area contributed by atoms with E-state index >= 15 is 0 Å². The zero-order valence-electron chi connectivity index (χ0n) is 22.1. The Balaban J connectivity index is 1.18. The van der Waals surface area contributed by atoms with Crippen LogP contribution in [-0.2, 0) is 17.8 Å². The van der Waals surface area contributed by atoms with E-state index in [4.69, 9.17) is 19.4 Å². The lowest BCUT2D eigenvalue weighted by Crippen LogP contribution is -2.47. The lowest BCUT2D eigenvalue weighted by atomic mass is 10.0. The maximum Gasteiger partial charge on any atom is 0.243 e. The number of piperazine rings is 1. The molecule has 1 aromatic heterocycles. The van der Waals surface area contributed by atoms with Crippen molar-refractivity contribution < 1.29 is 14.3 Å². The Bertz CT molecular complexity index is 1550. The van der Waals surface area contributed by atoms with E-state index in [0.717, 1.165) is 42.2 Å². The van der Waals surface area contributed by atoms with Gasteiger partial charge in [-0.2, -0.15) is 5.26 Å². The highest BCUT2D eigenvalue weighted by Gasteiger charge is 2.30. The highest BCUT2D eigenvalue weighted by molar-refractivity contribution is 5.88. The Labute approximate surface area is 233 Å².